The van der Waals surface area contributed by atoms with E-state index in [4.69, 9.17) is 0 Å². The van der Waals surface area contributed by atoms with Gasteiger partial charge in [0.15, 0.2) is 0 Å². The first kappa shape index (κ1) is 15.6. The molecule has 0 saturated carbocycles. The van der Waals surface area contributed by atoms with Crippen molar-refractivity contribution in [3.05, 3.63) is 36.4 Å². The number of hydrogen-bond acceptors (Lipinski definition) is 2. The Hall–Kier alpha value is 1.57. The third-order valence-corrected chi connectivity index (χ3v) is 1.81. The van der Waals surface area contributed by atoms with Crippen molar-refractivity contribution in [2.24, 2.45) is 0 Å². The van der Waals surface area contributed by atoms with E-state index in [1.165, 1.54) is 18.2 Å². The molecule has 2 rings (SSSR count). The Morgan fingerprint density at radius 3 is 2.29 bits per heavy atom. The fraction of sp³-hybridized carbons (Fsp3) is 0. The Kier molecular flexibility index (Phi) is 7.79. The summed E-state index contributed by atoms with van der Waals surface area (Å²) in [4.78, 5) is 0. The van der Waals surface area contributed by atoms with Crippen LogP contribution in [0.5, 0.6) is 11.5 Å². The fourth-order valence-corrected chi connectivity index (χ4v) is 1.23. The van der Waals surface area contributed by atoms with Crippen LogP contribution in [0, 0.1) is 0 Å². The standard InChI is InChI=1S/C10H8O2.2K/c11-8-4-5-9-7(6-8)2-1-3-10(9)12;;/h1-6,11-12H;;/q;2*+1/p-2. The smallest absolute Gasteiger partial charge is 0.872 e. The predicted molar refractivity (Wildman–Crippen MR) is 42.8 cm³/mol. The van der Waals surface area contributed by atoms with E-state index in [0.29, 0.717) is 5.39 Å². The first-order valence-corrected chi connectivity index (χ1v) is 3.64. The largest absolute Gasteiger partial charge is 1.00 e. The molecule has 2 aromatic carbocycles. The summed E-state index contributed by atoms with van der Waals surface area (Å²) >= 11 is 0. The molecule has 2 nitrogen and oxygen atoms in total. The summed E-state index contributed by atoms with van der Waals surface area (Å²) < 4.78 is 0. The van der Waals surface area contributed by atoms with Gasteiger partial charge in [0.25, 0.3) is 0 Å². The van der Waals surface area contributed by atoms with Crippen molar-refractivity contribution in [3.63, 3.8) is 0 Å². The molecule has 0 spiro atoms. The van der Waals surface area contributed by atoms with Crippen LogP contribution in [0.25, 0.3) is 10.8 Å². The minimum atomic E-state index is -0.0619. The second-order valence-electron chi connectivity index (χ2n) is 2.64. The summed E-state index contributed by atoms with van der Waals surface area (Å²) in [5.74, 6) is -0.0967. The third kappa shape index (κ3) is 3.55. The Morgan fingerprint density at radius 2 is 1.57 bits per heavy atom. The Morgan fingerprint density at radius 1 is 0.857 bits per heavy atom. The zero-order chi connectivity index (χ0) is 8.55. The molecular formula is C10H6K2O2. The van der Waals surface area contributed by atoms with Gasteiger partial charge in [-0.1, -0.05) is 36.4 Å². The topological polar surface area (TPSA) is 46.1 Å². The maximum absolute atomic E-state index is 11.2. The molecule has 0 fully saturated rings. The van der Waals surface area contributed by atoms with Gasteiger partial charge < -0.3 is 10.2 Å². The Balaban J connectivity index is 0.000000845. The minimum Gasteiger partial charge on any atom is -0.872 e. The van der Waals surface area contributed by atoms with Gasteiger partial charge in [0.1, 0.15) is 0 Å². The average molecular weight is 236 g/mol. The van der Waals surface area contributed by atoms with Crippen molar-refractivity contribution >= 4 is 10.8 Å². The van der Waals surface area contributed by atoms with E-state index in [0.717, 1.165) is 5.39 Å². The SMILES string of the molecule is [K+].[K+].[O-]c1ccc2c([O-])cccc2c1. The molecule has 60 valence electrons. The van der Waals surface area contributed by atoms with Crippen molar-refractivity contribution in [3.8, 4) is 11.5 Å². The average Bonchev–Trinajstić information content (AvgIpc) is 2.04. The second kappa shape index (κ2) is 7.01. The number of rotatable bonds is 0. The molecule has 0 heterocycles. The molecule has 0 N–H and O–H groups in total. The van der Waals surface area contributed by atoms with Crippen molar-refractivity contribution in [2.45, 2.75) is 0 Å². The molecule has 0 amide bonds. The third-order valence-electron chi connectivity index (χ3n) is 1.81. The van der Waals surface area contributed by atoms with Crippen LogP contribution in [0.2, 0.25) is 0 Å². The maximum atomic E-state index is 11.2. The molecule has 0 radical (unpaired) electrons. The summed E-state index contributed by atoms with van der Waals surface area (Å²) in [7, 11) is 0. The van der Waals surface area contributed by atoms with Gasteiger partial charge >= 0.3 is 103 Å². The van der Waals surface area contributed by atoms with Gasteiger partial charge in [0.05, 0.1) is 0 Å². The first-order chi connectivity index (χ1) is 5.77. The summed E-state index contributed by atoms with van der Waals surface area (Å²) in [6.45, 7) is 0. The molecule has 14 heavy (non-hydrogen) atoms. The summed E-state index contributed by atoms with van der Waals surface area (Å²) in [5, 5.41) is 23.4. The van der Waals surface area contributed by atoms with Gasteiger partial charge in [0, 0.05) is 0 Å². The van der Waals surface area contributed by atoms with Crippen LogP contribution in [0.4, 0.5) is 0 Å². The monoisotopic (exact) mass is 236 g/mol. The van der Waals surface area contributed by atoms with Gasteiger partial charge in [0.2, 0.25) is 0 Å². The van der Waals surface area contributed by atoms with Crippen LogP contribution in [-0.4, -0.2) is 0 Å². The zero-order valence-electron chi connectivity index (χ0n) is 8.28. The molecule has 4 heteroatoms. The summed E-state index contributed by atoms with van der Waals surface area (Å²) in [6, 6.07) is 9.36. The van der Waals surface area contributed by atoms with E-state index in [1.54, 1.807) is 18.2 Å². The molecule has 0 aromatic heterocycles. The summed E-state index contributed by atoms with van der Waals surface area (Å²) in [5.41, 5.74) is 0. The number of benzene rings is 2. The molecule has 0 aliphatic carbocycles. The minimum absolute atomic E-state index is 0. The van der Waals surface area contributed by atoms with Crippen LogP contribution in [-0.2, 0) is 0 Å². The molecular weight excluding hydrogens is 230 g/mol. The Labute approximate surface area is 168 Å². The molecule has 0 aliphatic rings. The van der Waals surface area contributed by atoms with Gasteiger partial charge in [-0.25, -0.2) is 0 Å². The van der Waals surface area contributed by atoms with Crippen LogP contribution < -0.4 is 113 Å². The van der Waals surface area contributed by atoms with Gasteiger partial charge in [-0.15, -0.1) is 11.5 Å². The first-order valence-electron chi connectivity index (χ1n) is 3.64. The summed E-state index contributed by atoms with van der Waals surface area (Å²) in [6.07, 6.45) is 0. The normalized spacial score (nSPS) is 8.86. The molecule has 0 aliphatic heterocycles. The quantitative estimate of drug-likeness (QED) is 0.430. The molecule has 0 atom stereocenters. The van der Waals surface area contributed by atoms with E-state index in [-0.39, 0.29) is 114 Å². The fourth-order valence-electron chi connectivity index (χ4n) is 1.23. The van der Waals surface area contributed by atoms with Gasteiger partial charge in [-0.05, 0) is 10.8 Å². The number of fused-ring (bicyclic) bond motifs is 1. The van der Waals surface area contributed by atoms with E-state index in [1.807, 2.05) is 0 Å². The van der Waals surface area contributed by atoms with Crippen molar-refractivity contribution in [1.29, 1.82) is 0 Å². The number of hydrogen-bond donors (Lipinski definition) is 0. The maximum Gasteiger partial charge on any atom is 1.00 e. The van der Waals surface area contributed by atoms with E-state index in [2.05, 4.69) is 0 Å². The van der Waals surface area contributed by atoms with E-state index >= 15 is 0 Å². The van der Waals surface area contributed by atoms with Crippen molar-refractivity contribution in [1.82, 2.24) is 0 Å². The van der Waals surface area contributed by atoms with E-state index < -0.39 is 0 Å². The van der Waals surface area contributed by atoms with Crippen molar-refractivity contribution in [2.75, 3.05) is 0 Å². The van der Waals surface area contributed by atoms with Gasteiger partial charge in [-0.2, -0.15) is 0 Å². The second-order valence-corrected chi connectivity index (χ2v) is 2.64. The van der Waals surface area contributed by atoms with Crippen LogP contribution in [0.15, 0.2) is 36.4 Å². The molecule has 0 unspecified atom stereocenters. The van der Waals surface area contributed by atoms with Gasteiger partial charge in [-0.3, -0.25) is 0 Å². The Bertz CT molecular complexity index is 429. The molecule has 0 saturated heterocycles. The predicted octanol–water partition coefficient (Wildman–Crippen LogP) is -5.00. The molecule has 0 bridgehead atoms. The van der Waals surface area contributed by atoms with Crippen molar-refractivity contribution < 1.29 is 113 Å². The zero-order valence-corrected chi connectivity index (χ0v) is 14.5. The van der Waals surface area contributed by atoms with Crippen LogP contribution in [0.1, 0.15) is 0 Å². The van der Waals surface area contributed by atoms with Crippen LogP contribution in [0.3, 0.4) is 0 Å². The van der Waals surface area contributed by atoms with E-state index in [9.17, 15) is 10.2 Å². The van der Waals surface area contributed by atoms with Crippen LogP contribution >= 0.6 is 0 Å². The molecule has 2 aromatic rings.